The molecule has 6 heteroatoms. The summed E-state index contributed by atoms with van der Waals surface area (Å²) < 4.78 is 37.7. The molecule has 1 aromatic rings. The predicted molar refractivity (Wildman–Crippen MR) is 80.7 cm³/mol. The lowest BCUT2D eigenvalue weighted by Gasteiger charge is -2.22. The molecule has 0 N–H and O–H groups in total. The Labute approximate surface area is 126 Å². The van der Waals surface area contributed by atoms with E-state index >= 15 is 0 Å². The molecule has 1 saturated heterocycles. The smallest absolute Gasteiger partial charge is 0.245 e. The van der Waals surface area contributed by atoms with Crippen LogP contribution in [0.25, 0.3) is 0 Å². The molecule has 0 aliphatic carbocycles. The van der Waals surface area contributed by atoms with Crippen LogP contribution >= 0.6 is 0 Å². The maximum Gasteiger partial charge on any atom is 0.245 e. The molecule has 0 radical (unpaired) electrons. The van der Waals surface area contributed by atoms with Gasteiger partial charge in [-0.05, 0) is 50.5 Å². The Morgan fingerprint density at radius 1 is 1.24 bits per heavy atom. The molecular formula is C15H23NO4S. The van der Waals surface area contributed by atoms with Gasteiger partial charge in [0.1, 0.15) is 12.0 Å². The maximum absolute atomic E-state index is 12.7. The molecule has 2 atom stereocenters. The number of sulfonamides is 1. The van der Waals surface area contributed by atoms with Crippen LogP contribution in [0.4, 0.5) is 0 Å². The minimum absolute atomic E-state index is 0.0600. The average Bonchev–Trinajstić information content (AvgIpc) is 2.80. The monoisotopic (exact) mass is 313 g/mol. The Kier molecular flexibility index (Phi) is 4.91. The highest BCUT2D eigenvalue weighted by Gasteiger charge is 2.38. The van der Waals surface area contributed by atoms with Gasteiger partial charge in [0.2, 0.25) is 10.0 Å². The van der Waals surface area contributed by atoms with Crippen molar-refractivity contribution in [3.05, 3.63) is 24.3 Å². The molecule has 5 nitrogen and oxygen atoms in total. The number of rotatable bonds is 5. The summed E-state index contributed by atoms with van der Waals surface area (Å²) in [5.41, 5.74) is 0. The SMILES string of the molecule is CO[C@H]1C[C@H](C)CN1S(=O)(=O)c1ccc(OC(C)C)cc1. The molecule has 1 aromatic carbocycles. The van der Waals surface area contributed by atoms with Gasteiger partial charge < -0.3 is 9.47 Å². The Balaban J connectivity index is 2.23. The highest BCUT2D eigenvalue weighted by atomic mass is 32.2. The molecule has 1 aliphatic heterocycles. The van der Waals surface area contributed by atoms with Gasteiger partial charge in [0, 0.05) is 13.7 Å². The molecule has 21 heavy (non-hydrogen) atoms. The lowest BCUT2D eigenvalue weighted by molar-refractivity contribution is 0.0398. The van der Waals surface area contributed by atoms with Crippen molar-refractivity contribution < 1.29 is 17.9 Å². The molecule has 0 amide bonds. The van der Waals surface area contributed by atoms with E-state index in [-0.39, 0.29) is 17.2 Å². The first-order chi connectivity index (χ1) is 9.84. The fraction of sp³-hybridized carbons (Fsp3) is 0.600. The second kappa shape index (κ2) is 6.34. The first kappa shape index (κ1) is 16.3. The van der Waals surface area contributed by atoms with Crippen LogP contribution < -0.4 is 4.74 Å². The minimum atomic E-state index is -3.53. The van der Waals surface area contributed by atoms with Gasteiger partial charge in [-0.3, -0.25) is 0 Å². The number of benzene rings is 1. The third-order valence-corrected chi connectivity index (χ3v) is 5.36. The van der Waals surface area contributed by atoms with Crippen LogP contribution in [0, 0.1) is 5.92 Å². The molecule has 0 unspecified atom stereocenters. The molecule has 0 saturated carbocycles. The van der Waals surface area contributed by atoms with Crippen LogP contribution in [0.2, 0.25) is 0 Å². The van der Waals surface area contributed by atoms with Crippen molar-refractivity contribution in [1.29, 1.82) is 0 Å². The first-order valence-electron chi connectivity index (χ1n) is 7.16. The fourth-order valence-corrected chi connectivity index (χ4v) is 4.21. The highest BCUT2D eigenvalue weighted by molar-refractivity contribution is 7.89. The third-order valence-electron chi connectivity index (χ3n) is 3.49. The van der Waals surface area contributed by atoms with Crippen molar-refractivity contribution in [1.82, 2.24) is 4.31 Å². The van der Waals surface area contributed by atoms with Gasteiger partial charge in [-0.15, -0.1) is 0 Å². The molecule has 1 heterocycles. The lowest BCUT2D eigenvalue weighted by Crippen LogP contribution is -2.36. The Bertz CT molecular complexity index is 568. The average molecular weight is 313 g/mol. The largest absolute Gasteiger partial charge is 0.491 e. The molecule has 118 valence electrons. The summed E-state index contributed by atoms with van der Waals surface area (Å²) in [6.07, 6.45) is 0.408. The van der Waals surface area contributed by atoms with Crippen LogP contribution in [0.1, 0.15) is 27.2 Å². The van der Waals surface area contributed by atoms with Crippen LogP contribution in [0.15, 0.2) is 29.2 Å². The zero-order valence-corrected chi connectivity index (χ0v) is 13.8. The van der Waals surface area contributed by atoms with E-state index in [2.05, 4.69) is 0 Å². The summed E-state index contributed by atoms with van der Waals surface area (Å²) in [4.78, 5) is 0.273. The molecular weight excluding hydrogens is 290 g/mol. The van der Waals surface area contributed by atoms with Gasteiger partial charge in [-0.25, -0.2) is 8.42 Å². The van der Waals surface area contributed by atoms with Crippen LogP contribution in [0.3, 0.4) is 0 Å². The van der Waals surface area contributed by atoms with E-state index in [0.29, 0.717) is 18.2 Å². The number of hydrogen-bond acceptors (Lipinski definition) is 4. The molecule has 2 rings (SSSR count). The number of hydrogen-bond donors (Lipinski definition) is 0. The summed E-state index contributed by atoms with van der Waals surface area (Å²) in [6.45, 7) is 6.38. The second-order valence-electron chi connectivity index (χ2n) is 5.74. The maximum atomic E-state index is 12.7. The van der Waals surface area contributed by atoms with E-state index in [1.54, 1.807) is 31.4 Å². The van der Waals surface area contributed by atoms with Crippen molar-refractivity contribution in [2.75, 3.05) is 13.7 Å². The topological polar surface area (TPSA) is 55.8 Å². The van der Waals surface area contributed by atoms with Crippen molar-refractivity contribution in [3.8, 4) is 5.75 Å². The lowest BCUT2D eigenvalue weighted by atomic mass is 10.1. The predicted octanol–water partition coefficient (Wildman–Crippen LogP) is 2.48. The Morgan fingerprint density at radius 2 is 1.86 bits per heavy atom. The van der Waals surface area contributed by atoms with E-state index in [0.717, 1.165) is 6.42 Å². The van der Waals surface area contributed by atoms with Crippen LogP contribution in [-0.2, 0) is 14.8 Å². The van der Waals surface area contributed by atoms with Crippen molar-refractivity contribution >= 4 is 10.0 Å². The molecule has 0 spiro atoms. The molecule has 0 aromatic heterocycles. The van der Waals surface area contributed by atoms with E-state index < -0.39 is 10.0 Å². The van der Waals surface area contributed by atoms with Crippen LogP contribution in [0.5, 0.6) is 5.75 Å². The molecule has 0 bridgehead atoms. The fourth-order valence-electron chi connectivity index (χ4n) is 2.53. The van der Waals surface area contributed by atoms with E-state index in [1.807, 2.05) is 20.8 Å². The summed E-state index contributed by atoms with van der Waals surface area (Å²) in [7, 11) is -1.98. The van der Waals surface area contributed by atoms with Crippen molar-refractivity contribution in [2.45, 2.75) is 44.4 Å². The third kappa shape index (κ3) is 3.56. The second-order valence-corrected chi connectivity index (χ2v) is 7.63. The van der Waals surface area contributed by atoms with Crippen LogP contribution in [-0.4, -0.2) is 38.7 Å². The van der Waals surface area contributed by atoms with Gasteiger partial charge in [0.25, 0.3) is 0 Å². The highest BCUT2D eigenvalue weighted by Crippen LogP contribution is 2.30. The zero-order valence-electron chi connectivity index (χ0n) is 12.9. The van der Waals surface area contributed by atoms with Gasteiger partial charge in [0.15, 0.2) is 0 Å². The zero-order chi connectivity index (χ0) is 15.6. The minimum Gasteiger partial charge on any atom is -0.491 e. The van der Waals surface area contributed by atoms with Gasteiger partial charge >= 0.3 is 0 Å². The Hall–Kier alpha value is -1.11. The summed E-state index contributed by atoms with van der Waals surface area (Å²) in [6, 6.07) is 6.55. The number of nitrogens with zero attached hydrogens (tertiary/aromatic N) is 1. The Morgan fingerprint density at radius 3 is 2.38 bits per heavy atom. The summed E-state index contributed by atoms with van der Waals surface area (Å²) in [5.74, 6) is 0.968. The van der Waals surface area contributed by atoms with Crippen molar-refractivity contribution in [3.63, 3.8) is 0 Å². The quantitative estimate of drug-likeness (QED) is 0.838. The standard InChI is InChI=1S/C15H23NO4S/c1-11(2)20-13-5-7-14(8-6-13)21(17,18)16-10-12(3)9-15(16)19-4/h5-8,11-12,15H,9-10H2,1-4H3/t12-,15-/m0/s1. The molecule has 1 fully saturated rings. The summed E-state index contributed by atoms with van der Waals surface area (Å²) >= 11 is 0. The van der Waals surface area contributed by atoms with E-state index in [9.17, 15) is 8.42 Å². The van der Waals surface area contributed by atoms with Gasteiger partial charge in [-0.2, -0.15) is 4.31 Å². The normalized spacial score (nSPS) is 23.7. The van der Waals surface area contributed by atoms with E-state index in [4.69, 9.17) is 9.47 Å². The first-order valence-corrected chi connectivity index (χ1v) is 8.60. The number of ether oxygens (including phenoxy) is 2. The van der Waals surface area contributed by atoms with Gasteiger partial charge in [0.05, 0.1) is 11.0 Å². The molecule has 1 aliphatic rings. The van der Waals surface area contributed by atoms with E-state index in [1.165, 1.54) is 4.31 Å². The van der Waals surface area contributed by atoms with Crippen molar-refractivity contribution in [2.24, 2.45) is 5.92 Å². The van der Waals surface area contributed by atoms with Gasteiger partial charge in [-0.1, -0.05) is 6.92 Å². The summed E-state index contributed by atoms with van der Waals surface area (Å²) in [5, 5.41) is 0. The number of methoxy groups -OCH3 is 1.